The summed E-state index contributed by atoms with van der Waals surface area (Å²) in [4.78, 5) is 33.1. The van der Waals surface area contributed by atoms with Crippen molar-refractivity contribution in [2.45, 2.75) is 50.7 Å². The molecule has 0 fully saturated rings. The lowest BCUT2D eigenvalue weighted by molar-refractivity contribution is -0.873. The molecule has 0 saturated heterocycles. The van der Waals surface area contributed by atoms with Gasteiger partial charge in [0.25, 0.3) is 0 Å². The maximum atomic E-state index is 11.8. The van der Waals surface area contributed by atoms with Crippen molar-refractivity contribution in [3.63, 3.8) is 0 Å². The summed E-state index contributed by atoms with van der Waals surface area (Å²) in [5, 5.41) is 27.0. The van der Waals surface area contributed by atoms with Gasteiger partial charge < -0.3 is 24.5 Å². The van der Waals surface area contributed by atoms with E-state index in [4.69, 9.17) is 14.9 Å². The van der Waals surface area contributed by atoms with Crippen LogP contribution in [0.25, 0.3) is 0 Å². The topological polar surface area (TPSA) is 121 Å². The molecule has 0 heterocycles. The van der Waals surface area contributed by atoms with Crippen molar-refractivity contribution in [1.82, 2.24) is 0 Å². The summed E-state index contributed by atoms with van der Waals surface area (Å²) in [7, 11) is 5.67. The van der Waals surface area contributed by atoms with Gasteiger partial charge in [-0.3, -0.25) is 14.4 Å². The second-order valence-electron chi connectivity index (χ2n) is 7.02. The highest BCUT2D eigenvalue weighted by Gasteiger charge is 2.24. The molecule has 0 aliphatic heterocycles. The smallest absolute Gasteiger partial charge is 0.307 e. The van der Waals surface area contributed by atoms with Crippen LogP contribution >= 0.6 is 0 Å². The maximum absolute atomic E-state index is 11.8. The molecule has 3 N–H and O–H groups in total. The number of aliphatic carboxylic acids is 2. The molecule has 0 rings (SSSR count). The number of carboxylic acids is 2. The average Bonchev–Trinajstić information content (AvgIpc) is 2.40. The molecule has 0 amide bonds. The van der Waals surface area contributed by atoms with Crippen molar-refractivity contribution in [2.24, 2.45) is 0 Å². The Bertz CT molecular complexity index is 468. The largest absolute Gasteiger partial charge is 0.481 e. The number of likely N-dealkylation sites (N-methyl/N-ethyl adjacent to an activating group) is 1. The van der Waals surface area contributed by atoms with E-state index in [9.17, 15) is 19.5 Å². The summed E-state index contributed by atoms with van der Waals surface area (Å²) in [5.41, 5.74) is 0. The molecule has 0 aliphatic rings. The van der Waals surface area contributed by atoms with E-state index in [2.05, 4.69) is 0 Å². The summed E-state index contributed by atoms with van der Waals surface area (Å²) < 4.78 is 5.74. The number of hydrogen-bond acceptors (Lipinski definition) is 5. The van der Waals surface area contributed by atoms with Crippen molar-refractivity contribution in [1.29, 1.82) is 0 Å². The van der Waals surface area contributed by atoms with Crippen LogP contribution in [0.2, 0.25) is 0 Å². The molecule has 0 aromatic rings. The average molecular weight is 360 g/mol. The van der Waals surface area contributed by atoms with Gasteiger partial charge in [0.1, 0.15) is 6.54 Å². The molecular weight excluding hydrogens is 330 g/mol. The van der Waals surface area contributed by atoms with Crippen LogP contribution < -0.4 is 0 Å². The fourth-order valence-corrected chi connectivity index (χ4v) is 2.24. The molecule has 0 aliphatic carbocycles. The summed E-state index contributed by atoms with van der Waals surface area (Å²) in [6.45, 7) is 0.408. The highest BCUT2D eigenvalue weighted by Crippen LogP contribution is 2.10. The predicted molar refractivity (Wildman–Crippen MR) is 90.9 cm³/mol. The Balaban J connectivity index is 4.12. The minimum Gasteiger partial charge on any atom is -0.481 e. The number of rotatable bonds is 13. The zero-order valence-electron chi connectivity index (χ0n) is 15.2. The van der Waals surface area contributed by atoms with Gasteiger partial charge in [0.15, 0.2) is 6.10 Å². The van der Waals surface area contributed by atoms with E-state index in [1.807, 2.05) is 21.1 Å². The first-order chi connectivity index (χ1) is 11.5. The highest BCUT2D eigenvalue weighted by molar-refractivity contribution is 5.71. The van der Waals surface area contributed by atoms with E-state index in [1.165, 1.54) is 12.2 Å². The molecule has 8 nitrogen and oxygen atoms in total. The van der Waals surface area contributed by atoms with Gasteiger partial charge in [-0.25, -0.2) is 0 Å². The van der Waals surface area contributed by atoms with E-state index >= 15 is 0 Å². The third-order valence-corrected chi connectivity index (χ3v) is 3.23. The summed E-state index contributed by atoms with van der Waals surface area (Å²) in [6, 6.07) is 0. The molecule has 0 saturated carbocycles. The Morgan fingerprint density at radius 3 is 2.24 bits per heavy atom. The third kappa shape index (κ3) is 15.3. The van der Waals surface area contributed by atoms with Crippen LogP contribution in [-0.2, 0) is 19.1 Å². The first-order valence-corrected chi connectivity index (χ1v) is 8.28. The summed E-state index contributed by atoms with van der Waals surface area (Å²) >= 11 is 0. The third-order valence-electron chi connectivity index (χ3n) is 3.23. The SMILES string of the molecule is C[N+](C)(C)CC(CC(=O)O)OC(=O)CCCCC(O)/C=C/CC(=O)O. The number of nitrogens with zero attached hydrogens (tertiary/aromatic N) is 1. The van der Waals surface area contributed by atoms with Crippen molar-refractivity contribution < 1.29 is 38.9 Å². The molecule has 25 heavy (non-hydrogen) atoms. The summed E-state index contributed by atoms with van der Waals surface area (Å²) in [5.74, 6) is -2.42. The van der Waals surface area contributed by atoms with Gasteiger partial charge in [-0.2, -0.15) is 0 Å². The molecule has 0 aromatic carbocycles. The monoisotopic (exact) mass is 360 g/mol. The molecule has 0 radical (unpaired) electrons. The zero-order valence-corrected chi connectivity index (χ0v) is 15.2. The molecule has 2 unspecified atom stereocenters. The number of carbonyl (C=O) groups excluding carboxylic acids is 1. The minimum atomic E-state index is -1.01. The standard InChI is InChI=1S/C17H29NO7/c1-18(2,3)12-14(11-16(22)23)25-17(24)10-5-4-7-13(19)8-6-9-15(20)21/h6,8,13-14,19H,4-5,7,9-12H2,1-3H3,(H-,20,21,22,23)/p+1/b8-6+. The quantitative estimate of drug-likeness (QED) is 0.194. The summed E-state index contributed by atoms with van der Waals surface area (Å²) in [6.07, 6.45) is 2.69. The minimum absolute atomic E-state index is 0.138. The second kappa shape index (κ2) is 11.6. The second-order valence-corrected chi connectivity index (χ2v) is 7.02. The van der Waals surface area contributed by atoms with Gasteiger partial charge in [-0.05, 0) is 19.3 Å². The molecular formula is C17H30NO7+. The van der Waals surface area contributed by atoms with Crippen molar-refractivity contribution in [3.05, 3.63) is 12.2 Å². The van der Waals surface area contributed by atoms with Crippen molar-refractivity contribution in [2.75, 3.05) is 27.7 Å². The predicted octanol–water partition coefficient (Wildman–Crippen LogP) is 1.03. The van der Waals surface area contributed by atoms with Crippen LogP contribution in [0.4, 0.5) is 0 Å². The fourth-order valence-electron chi connectivity index (χ4n) is 2.24. The van der Waals surface area contributed by atoms with Gasteiger partial charge in [0, 0.05) is 6.42 Å². The van der Waals surface area contributed by atoms with Crippen LogP contribution in [0.1, 0.15) is 38.5 Å². The Morgan fingerprint density at radius 2 is 1.72 bits per heavy atom. The maximum Gasteiger partial charge on any atom is 0.307 e. The first kappa shape index (κ1) is 23.1. The number of aliphatic hydroxyl groups is 1. The molecule has 0 spiro atoms. The van der Waals surface area contributed by atoms with E-state index in [1.54, 1.807) is 0 Å². The van der Waals surface area contributed by atoms with Crippen LogP contribution in [-0.4, -0.2) is 77.6 Å². The molecule has 0 aromatic heterocycles. The Hall–Kier alpha value is -1.93. The number of esters is 1. The Labute approximate surface area is 148 Å². The van der Waals surface area contributed by atoms with Crippen LogP contribution in [0.5, 0.6) is 0 Å². The number of carboxylic acid groups (broad SMARTS) is 2. The first-order valence-electron chi connectivity index (χ1n) is 8.28. The van der Waals surface area contributed by atoms with E-state index in [0.717, 1.165) is 0 Å². The number of unbranched alkanes of at least 4 members (excludes halogenated alkanes) is 1. The van der Waals surface area contributed by atoms with E-state index in [0.29, 0.717) is 30.3 Å². The van der Waals surface area contributed by atoms with Crippen LogP contribution in [0.3, 0.4) is 0 Å². The Morgan fingerprint density at radius 1 is 1.08 bits per heavy atom. The number of hydrogen-bond donors (Lipinski definition) is 3. The van der Waals surface area contributed by atoms with Crippen LogP contribution in [0.15, 0.2) is 12.2 Å². The molecule has 144 valence electrons. The molecule has 0 bridgehead atoms. The van der Waals surface area contributed by atoms with Crippen molar-refractivity contribution >= 4 is 17.9 Å². The number of quaternary nitrogens is 1. The highest BCUT2D eigenvalue weighted by atomic mass is 16.5. The van der Waals surface area contributed by atoms with Crippen LogP contribution in [0, 0.1) is 0 Å². The molecule has 8 heteroatoms. The Kier molecular flexibility index (Phi) is 10.7. The zero-order chi connectivity index (χ0) is 19.5. The number of carbonyl (C=O) groups is 3. The number of ether oxygens (including phenoxy) is 1. The van der Waals surface area contributed by atoms with Gasteiger partial charge in [0.05, 0.1) is 40.1 Å². The van der Waals surface area contributed by atoms with Gasteiger partial charge in [0.2, 0.25) is 0 Å². The fraction of sp³-hybridized carbons (Fsp3) is 0.706. The normalized spacial score (nSPS) is 14.2. The van der Waals surface area contributed by atoms with Crippen molar-refractivity contribution in [3.8, 4) is 0 Å². The van der Waals surface area contributed by atoms with Gasteiger partial charge in [-0.1, -0.05) is 12.2 Å². The van der Waals surface area contributed by atoms with Gasteiger partial charge in [-0.15, -0.1) is 0 Å². The lowest BCUT2D eigenvalue weighted by Gasteiger charge is -2.28. The lowest BCUT2D eigenvalue weighted by atomic mass is 10.1. The number of aliphatic hydroxyl groups excluding tert-OH is 1. The van der Waals surface area contributed by atoms with E-state index < -0.39 is 30.1 Å². The molecule has 2 atom stereocenters. The lowest BCUT2D eigenvalue weighted by Crippen LogP contribution is -2.43. The van der Waals surface area contributed by atoms with E-state index in [-0.39, 0.29) is 19.3 Å². The van der Waals surface area contributed by atoms with Gasteiger partial charge >= 0.3 is 17.9 Å².